The molecule has 19 heavy (non-hydrogen) atoms. The van der Waals surface area contributed by atoms with Gasteiger partial charge in [0.25, 0.3) is 0 Å². The Balaban J connectivity index is 2.37. The summed E-state index contributed by atoms with van der Waals surface area (Å²) in [5, 5.41) is 13.1. The van der Waals surface area contributed by atoms with Crippen molar-refractivity contribution in [1.29, 1.82) is 0 Å². The number of hydrogen-bond acceptors (Lipinski definition) is 3. The van der Waals surface area contributed by atoms with Gasteiger partial charge in [-0.15, -0.1) is 0 Å². The maximum Gasteiger partial charge on any atom is 0.356 e. The Kier molecular flexibility index (Phi) is 2.49. The van der Waals surface area contributed by atoms with E-state index in [-0.39, 0.29) is 17.1 Å². The van der Waals surface area contributed by atoms with Gasteiger partial charge in [-0.05, 0) is 24.3 Å². The fraction of sp³-hybridized carbons (Fsp3) is 0. The summed E-state index contributed by atoms with van der Waals surface area (Å²) >= 11 is 0. The van der Waals surface area contributed by atoms with Gasteiger partial charge in [-0.3, -0.25) is 0 Å². The summed E-state index contributed by atoms with van der Waals surface area (Å²) < 4.78 is 15.1. The van der Waals surface area contributed by atoms with Gasteiger partial charge in [-0.25, -0.2) is 18.7 Å². The van der Waals surface area contributed by atoms with E-state index in [9.17, 15) is 9.18 Å². The van der Waals surface area contributed by atoms with Gasteiger partial charge in [-0.2, -0.15) is 5.10 Å². The third kappa shape index (κ3) is 1.74. The van der Waals surface area contributed by atoms with Gasteiger partial charge in [0.05, 0.1) is 5.56 Å². The second kappa shape index (κ2) is 4.16. The van der Waals surface area contributed by atoms with Crippen LogP contribution in [-0.4, -0.2) is 25.7 Å². The zero-order valence-electron chi connectivity index (χ0n) is 9.62. The molecular formula is C13H8FN3O2. The van der Waals surface area contributed by atoms with Crippen LogP contribution in [0.3, 0.4) is 0 Å². The number of carboxylic acid groups (broad SMARTS) is 1. The molecule has 3 rings (SSSR count). The Labute approximate surface area is 107 Å². The van der Waals surface area contributed by atoms with Crippen LogP contribution in [0.2, 0.25) is 0 Å². The van der Waals surface area contributed by atoms with Crippen molar-refractivity contribution in [3.05, 3.63) is 54.1 Å². The van der Waals surface area contributed by atoms with Crippen LogP contribution in [0.1, 0.15) is 10.5 Å². The molecule has 5 nitrogen and oxygen atoms in total. The molecule has 0 atom stereocenters. The van der Waals surface area contributed by atoms with E-state index in [1.165, 1.54) is 22.8 Å². The van der Waals surface area contributed by atoms with Crippen LogP contribution in [0.15, 0.2) is 42.6 Å². The third-order valence-electron chi connectivity index (χ3n) is 2.73. The Morgan fingerprint density at radius 3 is 2.74 bits per heavy atom. The molecule has 0 aliphatic rings. The lowest BCUT2D eigenvalue weighted by molar-refractivity contribution is 0.0693. The average molecular weight is 257 g/mol. The third-order valence-corrected chi connectivity index (χ3v) is 2.73. The molecular weight excluding hydrogens is 249 g/mol. The summed E-state index contributed by atoms with van der Waals surface area (Å²) in [6, 6.07) is 9.22. The summed E-state index contributed by atoms with van der Waals surface area (Å²) in [5.41, 5.74) is 0.392. The second-order valence-electron chi connectivity index (χ2n) is 3.89. The lowest BCUT2D eigenvalue weighted by atomic mass is 10.2. The van der Waals surface area contributed by atoms with Crippen molar-refractivity contribution in [3.8, 4) is 11.4 Å². The number of fused-ring (bicyclic) bond motifs is 1. The van der Waals surface area contributed by atoms with Gasteiger partial charge in [-0.1, -0.05) is 12.1 Å². The molecule has 0 amide bonds. The molecule has 2 heterocycles. The van der Waals surface area contributed by atoms with Crippen molar-refractivity contribution in [2.24, 2.45) is 0 Å². The number of carboxylic acids is 1. The molecule has 0 fully saturated rings. The lowest BCUT2D eigenvalue weighted by Crippen LogP contribution is -1.97. The molecule has 1 N–H and O–H groups in total. The first-order valence-electron chi connectivity index (χ1n) is 5.50. The molecule has 0 bridgehead atoms. The van der Waals surface area contributed by atoms with Crippen LogP contribution >= 0.6 is 0 Å². The number of carbonyl (C=O) groups is 1. The van der Waals surface area contributed by atoms with E-state index in [2.05, 4.69) is 10.1 Å². The van der Waals surface area contributed by atoms with Crippen molar-refractivity contribution in [1.82, 2.24) is 14.6 Å². The first-order valence-corrected chi connectivity index (χ1v) is 5.50. The number of benzene rings is 1. The largest absolute Gasteiger partial charge is 0.476 e. The first-order chi connectivity index (χ1) is 9.18. The van der Waals surface area contributed by atoms with E-state index in [1.54, 1.807) is 24.3 Å². The lowest BCUT2D eigenvalue weighted by Gasteiger charge is -2.00. The fourth-order valence-corrected chi connectivity index (χ4v) is 1.90. The monoisotopic (exact) mass is 257 g/mol. The maximum atomic E-state index is 13.8. The van der Waals surface area contributed by atoms with Crippen LogP contribution < -0.4 is 0 Å². The Morgan fingerprint density at radius 2 is 2.00 bits per heavy atom. The highest BCUT2D eigenvalue weighted by Gasteiger charge is 2.19. The van der Waals surface area contributed by atoms with Crippen LogP contribution in [-0.2, 0) is 0 Å². The topological polar surface area (TPSA) is 67.5 Å². The van der Waals surface area contributed by atoms with Gasteiger partial charge in [0, 0.05) is 6.20 Å². The predicted octanol–water partition coefficient (Wildman–Crippen LogP) is 2.23. The minimum absolute atomic E-state index is 0.147. The minimum Gasteiger partial charge on any atom is -0.476 e. The van der Waals surface area contributed by atoms with Crippen molar-refractivity contribution < 1.29 is 14.3 Å². The summed E-state index contributed by atoms with van der Waals surface area (Å²) in [4.78, 5) is 15.1. The molecule has 0 unspecified atom stereocenters. The second-order valence-corrected chi connectivity index (χ2v) is 3.89. The van der Waals surface area contributed by atoms with Crippen molar-refractivity contribution >= 4 is 11.5 Å². The van der Waals surface area contributed by atoms with Crippen LogP contribution in [0.4, 0.5) is 4.39 Å². The summed E-state index contributed by atoms with van der Waals surface area (Å²) in [6.07, 6.45) is 1.49. The van der Waals surface area contributed by atoms with Crippen molar-refractivity contribution in [2.75, 3.05) is 0 Å². The molecule has 0 spiro atoms. The van der Waals surface area contributed by atoms with Crippen molar-refractivity contribution in [2.45, 2.75) is 0 Å². The van der Waals surface area contributed by atoms with Crippen LogP contribution in [0, 0.1) is 5.82 Å². The number of hydrogen-bond donors (Lipinski definition) is 1. The Bertz CT molecular complexity index is 782. The summed E-state index contributed by atoms with van der Waals surface area (Å²) in [6.45, 7) is 0. The highest BCUT2D eigenvalue weighted by molar-refractivity contribution is 5.94. The highest BCUT2D eigenvalue weighted by atomic mass is 19.1. The molecule has 2 aromatic heterocycles. The van der Waals surface area contributed by atoms with Gasteiger partial charge in [0.1, 0.15) is 11.3 Å². The standard InChI is InChI=1S/C13H8FN3O2/c14-9-5-2-1-4-8(9)12-16-11(13(18)19)10-6-3-7-15-17(10)12/h1-7H,(H,18,19). The molecule has 0 saturated heterocycles. The van der Waals surface area contributed by atoms with E-state index in [0.717, 1.165) is 0 Å². The maximum absolute atomic E-state index is 13.8. The molecule has 0 aliphatic heterocycles. The molecule has 0 aliphatic carbocycles. The van der Waals surface area contributed by atoms with Gasteiger partial charge < -0.3 is 5.11 Å². The zero-order valence-corrected chi connectivity index (χ0v) is 9.62. The van der Waals surface area contributed by atoms with Gasteiger partial charge in [0.15, 0.2) is 11.5 Å². The van der Waals surface area contributed by atoms with E-state index in [4.69, 9.17) is 5.11 Å². The predicted molar refractivity (Wildman–Crippen MR) is 65.3 cm³/mol. The summed E-state index contributed by atoms with van der Waals surface area (Å²) in [5.74, 6) is -1.48. The molecule has 0 radical (unpaired) electrons. The molecule has 1 aromatic carbocycles. The Hall–Kier alpha value is -2.76. The minimum atomic E-state index is -1.17. The number of halogens is 1. The molecule has 94 valence electrons. The number of aromatic carboxylic acids is 1. The highest BCUT2D eigenvalue weighted by Crippen LogP contribution is 2.24. The molecule has 3 aromatic rings. The number of imidazole rings is 1. The molecule has 6 heteroatoms. The SMILES string of the molecule is O=C(O)c1nc(-c2ccccc2F)n2ncccc12. The average Bonchev–Trinajstić information content (AvgIpc) is 2.79. The van der Waals surface area contributed by atoms with E-state index in [1.807, 2.05) is 0 Å². The first kappa shape index (κ1) is 11.3. The normalized spacial score (nSPS) is 10.8. The quantitative estimate of drug-likeness (QED) is 0.764. The number of aromatic nitrogens is 3. The smallest absolute Gasteiger partial charge is 0.356 e. The summed E-state index contributed by atoms with van der Waals surface area (Å²) in [7, 11) is 0. The van der Waals surface area contributed by atoms with Crippen LogP contribution in [0.5, 0.6) is 0 Å². The van der Waals surface area contributed by atoms with E-state index < -0.39 is 11.8 Å². The molecule has 0 saturated carbocycles. The van der Waals surface area contributed by atoms with Crippen LogP contribution in [0.25, 0.3) is 16.9 Å². The van der Waals surface area contributed by atoms with E-state index >= 15 is 0 Å². The fourth-order valence-electron chi connectivity index (χ4n) is 1.90. The number of nitrogens with zero attached hydrogens (tertiary/aromatic N) is 3. The van der Waals surface area contributed by atoms with Gasteiger partial charge in [0.2, 0.25) is 0 Å². The Morgan fingerprint density at radius 1 is 1.21 bits per heavy atom. The van der Waals surface area contributed by atoms with Gasteiger partial charge >= 0.3 is 5.97 Å². The number of rotatable bonds is 2. The van der Waals surface area contributed by atoms with E-state index in [0.29, 0.717) is 5.52 Å². The van der Waals surface area contributed by atoms with Crippen molar-refractivity contribution in [3.63, 3.8) is 0 Å². The zero-order chi connectivity index (χ0) is 13.4.